The standard InChI is InChI=1S/C15H23NO3/c1-2-3-4-5-6-7-10-19-14-9-8-12(16)11-13(14)15(17)18/h8-9,11H,2-7,10,16H2,1H3,(H,17,18). The van der Waals surface area contributed by atoms with Gasteiger partial charge in [-0.25, -0.2) is 4.79 Å². The zero-order valence-electron chi connectivity index (χ0n) is 11.5. The Morgan fingerprint density at radius 1 is 1.21 bits per heavy atom. The minimum absolute atomic E-state index is 0.131. The maximum atomic E-state index is 11.0. The van der Waals surface area contributed by atoms with E-state index in [-0.39, 0.29) is 5.56 Å². The van der Waals surface area contributed by atoms with Gasteiger partial charge in [-0.1, -0.05) is 39.0 Å². The minimum Gasteiger partial charge on any atom is -0.493 e. The molecule has 0 unspecified atom stereocenters. The molecule has 0 heterocycles. The smallest absolute Gasteiger partial charge is 0.339 e. The van der Waals surface area contributed by atoms with Crippen molar-refractivity contribution in [2.75, 3.05) is 12.3 Å². The number of rotatable bonds is 9. The quantitative estimate of drug-likeness (QED) is 0.527. The van der Waals surface area contributed by atoms with Crippen LogP contribution in [0.4, 0.5) is 5.69 Å². The second kappa shape index (κ2) is 8.40. The Balaban J connectivity index is 2.35. The molecule has 4 heteroatoms. The van der Waals surface area contributed by atoms with Gasteiger partial charge in [0.2, 0.25) is 0 Å². The number of carboxylic acid groups (broad SMARTS) is 1. The van der Waals surface area contributed by atoms with E-state index in [9.17, 15) is 4.79 Å². The van der Waals surface area contributed by atoms with Crippen molar-refractivity contribution in [1.29, 1.82) is 0 Å². The first-order valence-corrected chi connectivity index (χ1v) is 6.90. The van der Waals surface area contributed by atoms with Crippen LogP contribution in [0.1, 0.15) is 55.8 Å². The van der Waals surface area contributed by atoms with Gasteiger partial charge in [0, 0.05) is 5.69 Å². The summed E-state index contributed by atoms with van der Waals surface area (Å²) >= 11 is 0. The molecule has 1 rings (SSSR count). The van der Waals surface area contributed by atoms with Crippen molar-refractivity contribution in [1.82, 2.24) is 0 Å². The van der Waals surface area contributed by atoms with Crippen molar-refractivity contribution in [3.05, 3.63) is 23.8 Å². The van der Waals surface area contributed by atoms with E-state index in [1.54, 1.807) is 12.1 Å². The molecule has 0 aliphatic carbocycles. The number of anilines is 1. The molecule has 1 aromatic carbocycles. The van der Waals surface area contributed by atoms with Crippen molar-refractivity contribution in [2.24, 2.45) is 0 Å². The highest BCUT2D eigenvalue weighted by Crippen LogP contribution is 2.21. The number of aromatic carboxylic acids is 1. The lowest BCUT2D eigenvalue weighted by Crippen LogP contribution is -2.05. The van der Waals surface area contributed by atoms with E-state index in [1.165, 1.54) is 31.7 Å². The number of hydrogen-bond donors (Lipinski definition) is 2. The Kier molecular flexibility index (Phi) is 6.79. The van der Waals surface area contributed by atoms with Gasteiger partial charge in [0.25, 0.3) is 0 Å². The fraction of sp³-hybridized carbons (Fsp3) is 0.533. The molecule has 0 radical (unpaired) electrons. The summed E-state index contributed by atoms with van der Waals surface area (Å²) in [5.74, 6) is -0.611. The van der Waals surface area contributed by atoms with E-state index in [4.69, 9.17) is 15.6 Å². The molecule has 0 aliphatic heterocycles. The first-order valence-electron chi connectivity index (χ1n) is 6.90. The summed E-state index contributed by atoms with van der Waals surface area (Å²) in [6.45, 7) is 2.74. The molecule has 19 heavy (non-hydrogen) atoms. The van der Waals surface area contributed by atoms with Gasteiger partial charge in [0.05, 0.1) is 6.61 Å². The summed E-state index contributed by atoms with van der Waals surface area (Å²) in [6.07, 6.45) is 7.07. The third-order valence-electron chi connectivity index (χ3n) is 2.99. The van der Waals surface area contributed by atoms with E-state index in [2.05, 4.69) is 6.92 Å². The van der Waals surface area contributed by atoms with Crippen LogP contribution in [0.15, 0.2) is 18.2 Å². The largest absolute Gasteiger partial charge is 0.493 e. The molecule has 0 aliphatic rings. The molecule has 0 saturated heterocycles. The van der Waals surface area contributed by atoms with Crippen LogP contribution in [0, 0.1) is 0 Å². The number of nitrogens with two attached hydrogens (primary N) is 1. The van der Waals surface area contributed by atoms with Crippen molar-refractivity contribution in [3.8, 4) is 5.75 Å². The highest BCUT2D eigenvalue weighted by Gasteiger charge is 2.11. The van der Waals surface area contributed by atoms with Crippen LogP contribution in [0.3, 0.4) is 0 Å². The van der Waals surface area contributed by atoms with Gasteiger partial charge >= 0.3 is 5.97 Å². The number of carboxylic acids is 1. The molecular formula is C15H23NO3. The molecule has 106 valence electrons. The maximum absolute atomic E-state index is 11.0. The van der Waals surface area contributed by atoms with Gasteiger partial charge in [-0.05, 0) is 24.6 Å². The lowest BCUT2D eigenvalue weighted by Gasteiger charge is -2.09. The van der Waals surface area contributed by atoms with Crippen molar-refractivity contribution < 1.29 is 14.6 Å². The summed E-state index contributed by atoms with van der Waals surface area (Å²) in [4.78, 5) is 11.0. The van der Waals surface area contributed by atoms with Gasteiger partial charge in [-0.3, -0.25) is 0 Å². The first-order chi connectivity index (χ1) is 9.15. The fourth-order valence-electron chi connectivity index (χ4n) is 1.91. The van der Waals surface area contributed by atoms with Crippen LogP contribution in [0.25, 0.3) is 0 Å². The Bertz CT molecular complexity index is 404. The predicted octanol–water partition coefficient (Wildman–Crippen LogP) is 3.71. The molecule has 0 saturated carbocycles. The van der Waals surface area contributed by atoms with E-state index in [0.29, 0.717) is 18.0 Å². The summed E-state index contributed by atoms with van der Waals surface area (Å²) in [7, 11) is 0. The lowest BCUT2D eigenvalue weighted by molar-refractivity contribution is 0.0692. The van der Waals surface area contributed by atoms with Gasteiger partial charge in [0.1, 0.15) is 11.3 Å². The Labute approximate surface area is 114 Å². The number of unbranched alkanes of at least 4 members (excludes halogenated alkanes) is 5. The second-order valence-corrected chi connectivity index (χ2v) is 4.68. The number of ether oxygens (including phenoxy) is 1. The fourth-order valence-corrected chi connectivity index (χ4v) is 1.91. The number of benzene rings is 1. The minimum atomic E-state index is -1.01. The number of carbonyl (C=O) groups is 1. The topological polar surface area (TPSA) is 72.5 Å². The Hall–Kier alpha value is -1.71. The van der Waals surface area contributed by atoms with E-state index in [0.717, 1.165) is 12.8 Å². The van der Waals surface area contributed by atoms with Crippen molar-refractivity contribution >= 4 is 11.7 Å². The second-order valence-electron chi connectivity index (χ2n) is 4.68. The third kappa shape index (κ3) is 5.64. The van der Waals surface area contributed by atoms with Gasteiger partial charge in [-0.15, -0.1) is 0 Å². The molecule has 4 nitrogen and oxygen atoms in total. The summed E-state index contributed by atoms with van der Waals surface area (Å²) < 4.78 is 5.52. The number of hydrogen-bond acceptors (Lipinski definition) is 3. The van der Waals surface area contributed by atoms with Crippen LogP contribution in [0.2, 0.25) is 0 Å². The average Bonchev–Trinajstić information content (AvgIpc) is 2.39. The molecule has 0 fully saturated rings. The van der Waals surface area contributed by atoms with Gasteiger partial charge in [-0.2, -0.15) is 0 Å². The van der Waals surface area contributed by atoms with Crippen LogP contribution in [-0.2, 0) is 0 Å². The highest BCUT2D eigenvalue weighted by atomic mass is 16.5. The van der Waals surface area contributed by atoms with Crippen LogP contribution >= 0.6 is 0 Å². The van der Waals surface area contributed by atoms with Crippen LogP contribution < -0.4 is 10.5 Å². The van der Waals surface area contributed by atoms with E-state index >= 15 is 0 Å². The summed E-state index contributed by atoms with van der Waals surface area (Å²) in [6, 6.07) is 4.71. The normalized spacial score (nSPS) is 10.4. The number of nitrogen functional groups attached to an aromatic ring is 1. The average molecular weight is 265 g/mol. The lowest BCUT2D eigenvalue weighted by atomic mass is 10.1. The molecule has 0 atom stereocenters. The molecule has 3 N–H and O–H groups in total. The molecule has 0 spiro atoms. The monoisotopic (exact) mass is 265 g/mol. The van der Waals surface area contributed by atoms with Crippen molar-refractivity contribution in [3.63, 3.8) is 0 Å². The summed E-state index contributed by atoms with van der Waals surface area (Å²) in [5.41, 5.74) is 6.13. The van der Waals surface area contributed by atoms with Crippen LogP contribution in [0.5, 0.6) is 5.75 Å². The molecule has 0 aromatic heterocycles. The zero-order valence-corrected chi connectivity index (χ0v) is 11.5. The first kappa shape index (κ1) is 15.3. The predicted molar refractivity (Wildman–Crippen MR) is 76.7 cm³/mol. The van der Waals surface area contributed by atoms with Crippen LogP contribution in [-0.4, -0.2) is 17.7 Å². The summed E-state index contributed by atoms with van der Waals surface area (Å²) in [5, 5.41) is 9.05. The molecule has 1 aromatic rings. The molecule has 0 amide bonds. The van der Waals surface area contributed by atoms with E-state index in [1.807, 2.05) is 0 Å². The third-order valence-corrected chi connectivity index (χ3v) is 2.99. The SMILES string of the molecule is CCCCCCCCOc1ccc(N)cc1C(=O)O. The maximum Gasteiger partial charge on any atom is 0.339 e. The Morgan fingerprint density at radius 3 is 2.58 bits per heavy atom. The van der Waals surface area contributed by atoms with Gasteiger partial charge in [0.15, 0.2) is 0 Å². The Morgan fingerprint density at radius 2 is 1.89 bits per heavy atom. The molecule has 0 bridgehead atoms. The van der Waals surface area contributed by atoms with Gasteiger partial charge < -0.3 is 15.6 Å². The van der Waals surface area contributed by atoms with Crippen molar-refractivity contribution in [2.45, 2.75) is 45.4 Å². The zero-order chi connectivity index (χ0) is 14.1. The van der Waals surface area contributed by atoms with E-state index < -0.39 is 5.97 Å². The highest BCUT2D eigenvalue weighted by molar-refractivity contribution is 5.92. The molecular weight excluding hydrogens is 242 g/mol.